The Morgan fingerprint density at radius 3 is 2.93 bits per heavy atom. The monoisotopic (exact) mass is 210 g/mol. The largest absolute Gasteiger partial charge is 0.298 e. The van der Waals surface area contributed by atoms with Gasteiger partial charge in [-0.2, -0.15) is 0 Å². The maximum absolute atomic E-state index is 4.71. The van der Waals surface area contributed by atoms with Crippen LogP contribution in [0.1, 0.15) is 42.3 Å². The van der Waals surface area contributed by atoms with Gasteiger partial charge in [0.25, 0.3) is 0 Å². The molecule has 1 aliphatic heterocycles. The van der Waals surface area contributed by atoms with E-state index in [1.807, 2.05) is 11.3 Å². The van der Waals surface area contributed by atoms with Crippen molar-refractivity contribution in [3.63, 3.8) is 0 Å². The van der Waals surface area contributed by atoms with E-state index in [0.717, 1.165) is 19.5 Å². The van der Waals surface area contributed by atoms with Crippen LogP contribution in [0.2, 0.25) is 0 Å². The lowest BCUT2D eigenvalue weighted by atomic mass is 10.2. The molecule has 0 spiro atoms. The van der Waals surface area contributed by atoms with Crippen LogP contribution in [0.4, 0.5) is 0 Å². The van der Waals surface area contributed by atoms with Crippen molar-refractivity contribution in [2.45, 2.75) is 39.7 Å². The molecule has 0 saturated carbocycles. The Hall–Kier alpha value is -0.410. The first-order chi connectivity index (χ1) is 6.70. The quantitative estimate of drug-likeness (QED) is 0.746. The molecule has 2 rings (SSSR count). The average Bonchev–Trinajstić information content (AvgIpc) is 2.59. The second-order valence-electron chi connectivity index (χ2n) is 4.20. The molecule has 0 N–H and O–H groups in total. The highest BCUT2D eigenvalue weighted by molar-refractivity contribution is 7.11. The van der Waals surface area contributed by atoms with Crippen molar-refractivity contribution < 1.29 is 0 Å². The Morgan fingerprint density at radius 2 is 2.29 bits per heavy atom. The fourth-order valence-corrected chi connectivity index (χ4v) is 2.94. The third kappa shape index (κ3) is 1.84. The van der Waals surface area contributed by atoms with E-state index in [4.69, 9.17) is 4.98 Å². The predicted octanol–water partition coefficient (Wildman–Crippen LogP) is 2.64. The van der Waals surface area contributed by atoms with Crippen LogP contribution >= 0.6 is 11.3 Å². The molecule has 0 aromatic carbocycles. The van der Waals surface area contributed by atoms with Gasteiger partial charge in [-0.1, -0.05) is 20.8 Å². The van der Waals surface area contributed by atoms with E-state index in [2.05, 4.69) is 25.7 Å². The number of thiazole rings is 1. The van der Waals surface area contributed by atoms with Gasteiger partial charge in [0.2, 0.25) is 0 Å². The zero-order valence-corrected chi connectivity index (χ0v) is 10.0. The van der Waals surface area contributed by atoms with E-state index in [9.17, 15) is 0 Å². The van der Waals surface area contributed by atoms with E-state index >= 15 is 0 Å². The summed E-state index contributed by atoms with van der Waals surface area (Å²) in [6, 6.07) is 0. The van der Waals surface area contributed by atoms with E-state index in [1.54, 1.807) is 0 Å². The Morgan fingerprint density at radius 1 is 1.50 bits per heavy atom. The van der Waals surface area contributed by atoms with Crippen LogP contribution in [0, 0.1) is 0 Å². The Labute approximate surface area is 90.0 Å². The molecule has 3 heteroatoms. The molecule has 0 fully saturated rings. The zero-order chi connectivity index (χ0) is 10.1. The fraction of sp³-hybridized carbons (Fsp3) is 0.727. The van der Waals surface area contributed by atoms with Gasteiger partial charge in [0.15, 0.2) is 0 Å². The number of hydrogen-bond acceptors (Lipinski definition) is 3. The predicted molar refractivity (Wildman–Crippen MR) is 60.9 cm³/mol. The lowest BCUT2D eigenvalue weighted by Gasteiger charge is -2.23. The fourth-order valence-electron chi connectivity index (χ4n) is 1.79. The first kappa shape index (κ1) is 10.1. The van der Waals surface area contributed by atoms with E-state index in [0.29, 0.717) is 5.92 Å². The average molecular weight is 210 g/mol. The van der Waals surface area contributed by atoms with Gasteiger partial charge in [-0.15, -0.1) is 11.3 Å². The minimum absolute atomic E-state index is 0.584. The van der Waals surface area contributed by atoms with Crippen LogP contribution in [-0.2, 0) is 13.0 Å². The second kappa shape index (κ2) is 3.99. The smallest absolute Gasteiger partial charge is 0.0957 e. The number of nitrogens with zero attached hydrogens (tertiary/aromatic N) is 2. The maximum atomic E-state index is 4.71. The van der Waals surface area contributed by atoms with E-state index in [1.165, 1.54) is 22.1 Å². The van der Waals surface area contributed by atoms with Crippen LogP contribution < -0.4 is 0 Å². The third-order valence-electron chi connectivity index (χ3n) is 2.77. The maximum Gasteiger partial charge on any atom is 0.0957 e. The molecule has 0 radical (unpaired) electrons. The topological polar surface area (TPSA) is 16.1 Å². The van der Waals surface area contributed by atoms with Crippen molar-refractivity contribution in [1.29, 1.82) is 0 Å². The van der Waals surface area contributed by atoms with Crippen molar-refractivity contribution >= 4 is 11.3 Å². The number of aromatic nitrogens is 1. The summed E-state index contributed by atoms with van der Waals surface area (Å²) in [5, 5.41) is 1.31. The molecule has 14 heavy (non-hydrogen) atoms. The first-order valence-electron chi connectivity index (χ1n) is 5.41. The summed E-state index contributed by atoms with van der Waals surface area (Å²) in [7, 11) is 0. The minimum Gasteiger partial charge on any atom is -0.298 e. The third-order valence-corrected chi connectivity index (χ3v) is 4.15. The van der Waals surface area contributed by atoms with Gasteiger partial charge >= 0.3 is 0 Å². The summed E-state index contributed by atoms with van der Waals surface area (Å²) < 4.78 is 0. The summed E-state index contributed by atoms with van der Waals surface area (Å²) in [5.41, 5.74) is 1.36. The molecule has 0 amide bonds. The summed E-state index contributed by atoms with van der Waals surface area (Å²) in [6.45, 7) is 10.1. The van der Waals surface area contributed by atoms with Gasteiger partial charge < -0.3 is 0 Å². The van der Waals surface area contributed by atoms with Crippen LogP contribution in [0.25, 0.3) is 0 Å². The molecule has 0 atom stereocenters. The minimum atomic E-state index is 0.584. The molecule has 1 aromatic heterocycles. The van der Waals surface area contributed by atoms with Crippen LogP contribution in [-0.4, -0.2) is 23.0 Å². The molecule has 2 nitrogen and oxygen atoms in total. The van der Waals surface area contributed by atoms with Crippen molar-refractivity contribution in [2.24, 2.45) is 0 Å². The highest BCUT2D eigenvalue weighted by Gasteiger charge is 2.20. The summed E-state index contributed by atoms with van der Waals surface area (Å²) in [4.78, 5) is 8.70. The summed E-state index contributed by atoms with van der Waals surface area (Å²) in [6.07, 6.45) is 1.15. The van der Waals surface area contributed by atoms with Crippen LogP contribution in [0.15, 0.2) is 0 Å². The first-order valence-corrected chi connectivity index (χ1v) is 6.23. The standard InChI is InChI=1S/C11H18N2S/c1-4-13-6-5-9-10(7-13)14-11(12-9)8(2)3/h8H,4-7H2,1-3H3. The van der Waals surface area contributed by atoms with Crippen LogP contribution in [0.5, 0.6) is 0 Å². The molecule has 0 saturated heterocycles. The van der Waals surface area contributed by atoms with Gasteiger partial charge in [-0.25, -0.2) is 4.98 Å². The van der Waals surface area contributed by atoms with Gasteiger partial charge in [-0.3, -0.25) is 4.90 Å². The summed E-state index contributed by atoms with van der Waals surface area (Å²) in [5.74, 6) is 0.584. The Bertz CT molecular complexity index is 317. The zero-order valence-electron chi connectivity index (χ0n) is 9.21. The number of fused-ring (bicyclic) bond motifs is 1. The van der Waals surface area contributed by atoms with Crippen molar-refractivity contribution in [2.75, 3.05) is 13.1 Å². The molecule has 1 aliphatic rings. The number of hydrogen-bond donors (Lipinski definition) is 0. The molecule has 0 aliphatic carbocycles. The SMILES string of the molecule is CCN1CCc2nc(C(C)C)sc2C1. The molecule has 78 valence electrons. The van der Waals surface area contributed by atoms with Crippen molar-refractivity contribution in [3.8, 4) is 0 Å². The van der Waals surface area contributed by atoms with Gasteiger partial charge in [-0.05, 0) is 6.54 Å². The number of likely N-dealkylation sites (N-methyl/N-ethyl adjacent to an activating group) is 1. The van der Waals surface area contributed by atoms with Gasteiger partial charge in [0.05, 0.1) is 10.7 Å². The van der Waals surface area contributed by atoms with E-state index in [-0.39, 0.29) is 0 Å². The lowest BCUT2D eigenvalue weighted by molar-refractivity contribution is 0.269. The highest BCUT2D eigenvalue weighted by atomic mass is 32.1. The molecular formula is C11H18N2S. The van der Waals surface area contributed by atoms with Crippen molar-refractivity contribution in [3.05, 3.63) is 15.6 Å². The molecule has 2 heterocycles. The van der Waals surface area contributed by atoms with E-state index < -0.39 is 0 Å². The molecule has 0 unspecified atom stereocenters. The molecular weight excluding hydrogens is 192 g/mol. The normalized spacial score (nSPS) is 17.4. The van der Waals surface area contributed by atoms with Crippen LogP contribution in [0.3, 0.4) is 0 Å². The van der Waals surface area contributed by atoms with Gasteiger partial charge in [0.1, 0.15) is 0 Å². The van der Waals surface area contributed by atoms with Gasteiger partial charge in [0, 0.05) is 30.3 Å². The lowest BCUT2D eigenvalue weighted by Crippen LogP contribution is -2.29. The second-order valence-corrected chi connectivity index (χ2v) is 5.31. The van der Waals surface area contributed by atoms with Crippen molar-refractivity contribution in [1.82, 2.24) is 9.88 Å². The highest BCUT2D eigenvalue weighted by Crippen LogP contribution is 2.28. The Balaban J connectivity index is 2.21. The Kier molecular flexibility index (Phi) is 2.88. The number of rotatable bonds is 2. The summed E-state index contributed by atoms with van der Waals surface area (Å²) >= 11 is 1.91. The molecule has 1 aromatic rings. The molecule has 0 bridgehead atoms.